The van der Waals surface area contributed by atoms with Crippen LogP contribution in [0.15, 0.2) is 48.5 Å². The highest BCUT2D eigenvalue weighted by Crippen LogP contribution is 2.48. The average molecular weight is 463 g/mol. The van der Waals surface area contributed by atoms with Crippen molar-refractivity contribution in [3.63, 3.8) is 0 Å². The van der Waals surface area contributed by atoms with Crippen LogP contribution < -0.4 is 5.32 Å². The zero-order chi connectivity index (χ0) is 23.9. The van der Waals surface area contributed by atoms with Gasteiger partial charge in [-0.25, -0.2) is 4.79 Å². The topological polar surface area (TPSA) is 95.9 Å². The zero-order valence-corrected chi connectivity index (χ0v) is 19.3. The number of piperidine rings is 1. The van der Waals surface area contributed by atoms with E-state index in [4.69, 9.17) is 4.74 Å². The van der Waals surface area contributed by atoms with Gasteiger partial charge in [0.15, 0.2) is 0 Å². The quantitative estimate of drug-likeness (QED) is 0.676. The van der Waals surface area contributed by atoms with Gasteiger partial charge in [0, 0.05) is 25.0 Å². The number of carboxylic acids is 1. The van der Waals surface area contributed by atoms with Crippen molar-refractivity contribution in [3.05, 3.63) is 59.7 Å². The van der Waals surface area contributed by atoms with E-state index in [1.807, 2.05) is 31.2 Å². The molecule has 1 aliphatic heterocycles. The third kappa shape index (κ3) is 4.04. The molecule has 2 fully saturated rings. The first-order valence-corrected chi connectivity index (χ1v) is 12.0. The third-order valence-corrected chi connectivity index (χ3v) is 7.71. The zero-order valence-electron chi connectivity index (χ0n) is 19.3. The number of fused-ring (bicyclic) bond motifs is 3. The Morgan fingerprint density at radius 3 is 2.24 bits per heavy atom. The van der Waals surface area contributed by atoms with E-state index in [-0.39, 0.29) is 31.0 Å². The second kappa shape index (κ2) is 8.78. The highest BCUT2D eigenvalue weighted by Gasteiger charge is 2.53. The molecule has 178 valence electrons. The van der Waals surface area contributed by atoms with Gasteiger partial charge in [0.05, 0.1) is 11.3 Å². The lowest BCUT2D eigenvalue weighted by Crippen LogP contribution is -2.51. The fourth-order valence-electron chi connectivity index (χ4n) is 5.51. The van der Waals surface area contributed by atoms with Gasteiger partial charge in [-0.15, -0.1) is 0 Å². The summed E-state index contributed by atoms with van der Waals surface area (Å²) in [5.41, 5.74) is 4.08. The van der Waals surface area contributed by atoms with Crippen molar-refractivity contribution in [1.29, 1.82) is 0 Å². The molecule has 1 saturated carbocycles. The molecule has 0 bridgehead atoms. The molecule has 3 aliphatic rings. The number of carbonyl (C=O) groups is 3. The normalized spacial score (nSPS) is 22.4. The molecule has 5 rings (SSSR count). The number of hydrogen-bond donors (Lipinski definition) is 2. The van der Waals surface area contributed by atoms with Gasteiger partial charge in [-0.2, -0.15) is 0 Å². The molecule has 7 nitrogen and oxygen atoms in total. The molecular weight excluding hydrogens is 432 g/mol. The molecule has 2 N–H and O–H groups in total. The first kappa shape index (κ1) is 22.4. The molecule has 2 aliphatic carbocycles. The summed E-state index contributed by atoms with van der Waals surface area (Å²) in [7, 11) is 0. The SMILES string of the molecule is C[C@H]1C[C@@H](C(=O)O)CCN1C(=O)C1(CNC(=O)OCC2c3ccccc3-c3ccccc32)CC1. The van der Waals surface area contributed by atoms with Crippen LogP contribution in [0.1, 0.15) is 49.7 Å². The standard InChI is InChI=1S/C27H30N2O5/c1-17-14-18(24(30)31)10-13-29(17)25(32)27(11-12-27)16-28-26(33)34-15-23-21-8-4-2-6-19(21)20-7-3-5-9-22(20)23/h2-9,17-18,23H,10-16H2,1H3,(H,28,33)(H,30,31)/t17-,18-/m0/s1. The smallest absolute Gasteiger partial charge is 0.407 e. The minimum Gasteiger partial charge on any atom is -0.481 e. The van der Waals surface area contributed by atoms with E-state index >= 15 is 0 Å². The number of carboxylic acid groups (broad SMARTS) is 1. The Hall–Kier alpha value is -3.35. The molecule has 34 heavy (non-hydrogen) atoms. The van der Waals surface area contributed by atoms with Crippen LogP contribution >= 0.6 is 0 Å². The average Bonchev–Trinajstić information content (AvgIpc) is 3.57. The van der Waals surface area contributed by atoms with Crippen LogP contribution in [0.5, 0.6) is 0 Å². The van der Waals surface area contributed by atoms with Crippen molar-refractivity contribution >= 4 is 18.0 Å². The van der Waals surface area contributed by atoms with Crippen LogP contribution in [0.2, 0.25) is 0 Å². The highest BCUT2D eigenvalue weighted by molar-refractivity contribution is 5.87. The van der Waals surface area contributed by atoms with Gasteiger partial charge in [-0.1, -0.05) is 48.5 Å². The summed E-state index contributed by atoms with van der Waals surface area (Å²) < 4.78 is 5.61. The van der Waals surface area contributed by atoms with Gasteiger partial charge in [0.25, 0.3) is 0 Å². The van der Waals surface area contributed by atoms with Crippen LogP contribution in [0.4, 0.5) is 4.79 Å². The van der Waals surface area contributed by atoms with Crippen molar-refractivity contribution in [2.45, 2.75) is 44.6 Å². The van der Waals surface area contributed by atoms with E-state index in [2.05, 4.69) is 29.6 Å². The van der Waals surface area contributed by atoms with Gasteiger partial charge in [0.2, 0.25) is 5.91 Å². The largest absolute Gasteiger partial charge is 0.481 e. The first-order chi connectivity index (χ1) is 16.4. The third-order valence-electron chi connectivity index (χ3n) is 7.71. The van der Waals surface area contributed by atoms with Crippen molar-refractivity contribution in [3.8, 4) is 11.1 Å². The number of nitrogens with zero attached hydrogens (tertiary/aromatic N) is 1. The summed E-state index contributed by atoms with van der Waals surface area (Å²) in [6, 6.07) is 16.3. The fourth-order valence-corrected chi connectivity index (χ4v) is 5.51. The Balaban J connectivity index is 1.17. The minimum absolute atomic E-state index is 0.00829. The molecule has 0 aromatic heterocycles. The van der Waals surface area contributed by atoms with Gasteiger partial charge in [0.1, 0.15) is 6.61 Å². The molecule has 1 heterocycles. The van der Waals surface area contributed by atoms with E-state index in [1.54, 1.807) is 4.90 Å². The number of likely N-dealkylation sites (tertiary alicyclic amines) is 1. The molecule has 7 heteroatoms. The maximum absolute atomic E-state index is 13.2. The van der Waals surface area contributed by atoms with Crippen LogP contribution in [-0.2, 0) is 14.3 Å². The van der Waals surface area contributed by atoms with E-state index in [9.17, 15) is 19.5 Å². The lowest BCUT2D eigenvalue weighted by atomic mass is 9.90. The number of rotatable bonds is 6. The Morgan fingerprint density at radius 1 is 1.06 bits per heavy atom. The number of nitrogens with one attached hydrogen (secondary N) is 1. The van der Waals surface area contributed by atoms with E-state index in [0.717, 1.165) is 24.0 Å². The predicted molar refractivity (Wildman–Crippen MR) is 126 cm³/mol. The second-order valence-corrected chi connectivity index (χ2v) is 9.87. The number of aliphatic carboxylic acids is 1. The number of carbonyl (C=O) groups excluding carboxylic acids is 2. The van der Waals surface area contributed by atoms with Gasteiger partial charge >= 0.3 is 12.1 Å². The summed E-state index contributed by atoms with van der Waals surface area (Å²) in [4.78, 5) is 38.9. The predicted octanol–water partition coefficient (Wildman–Crippen LogP) is 4.02. The monoisotopic (exact) mass is 462 g/mol. The summed E-state index contributed by atoms with van der Waals surface area (Å²) in [6.07, 6.45) is 1.87. The molecule has 1 saturated heterocycles. The van der Waals surface area contributed by atoms with Gasteiger partial charge in [-0.3, -0.25) is 9.59 Å². The highest BCUT2D eigenvalue weighted by atomic mass is 16.5. The minimum atomic E-state index is -0.794. The molecule has 0 radical (unpaired) electrons. The summed E-state index contributed by atoms with van der Waals surface area (Å²) in [6.45, 7) is 2.83. The Bertz CT molecular complexity index is 1080. The molecular formula is C27H30N2O5. The molecule has 2 amide bonds. The van der Waals surface area contributed by atoms with Crippen LogP contribution in [0, 0.1) is 11.3 Å². The molecule has 2 aromatic carbocycles. The molecule has 0 spiro atoms. The van der Waals surface area contributed by atoms with Crippen molar-refractivity contribution in [2.24, 2.45) is 11.3 Å². The van der Waals surface area contributed by atoms with Crippen LogP contribution in [-0.4, -0.2) is 53.7 Å². The van der Waals surface area contributed by atoms with Crippen molar-refractivity contribution in [2.75, 3.05) is 19.7 Å². The lowest BCUT2D eigenvalue weighted by molar-refractivity contribution is -0.149. The molecule has 0 unspecified atom stereocenters. The lowest BCUT2D eigenvalue weighted by Gasteiger charge is -2.38. The number of ether oxygens (including phenoxy) is 1. The van der Waals surface area contributed by atoms with Gasteiger partial charge in [-0.05, 0) is 54.9 Å². The van der Waals surface area contributed by atoms with E-state index in [1.165, 1.54) is 11.1 Å². The van der Waals surface area contributed by atoms with Crippen LogP contribution in [0.25, 0.3) is 11.1 Å². The van der Waals surface area contributed by atoms with Crippen LogP contribution in [0.3, 0.4) is 0 Å². The number of hydrogen-bond acceptors (Lipinski definition) is 4. The number of benzene rings is 2. The first-order valence-electron chi connectivity index (χ1n) is 12.0. The number of alkyl carbamates (subject to hydrolysis) is 1. The molecule has 2 aromatic rings. The molecule has 2 atom stereocenters. The Kier molecular flexibility index (Phi) is 5.80. The van der Waals surface area contributed by atoms with Crippen molar-refractivity contribution < 1.29 is 24.2 Å². The Morgan fingerprint density at radius 2 is 1.68 bits per heavy atom. The van der Waals surface area contributed by atoms with Gasteiger partial charge < -0.3 is 20.1 Å². The summed E-state index contributed by atoms with van der Waals surface area (Å²) in [5.74, 6) is -1.18. The van der Waals surface area contributed by atoms with Crippen molar-refractivity contribution in [1.82, 2.24) is 10.2 Å². The fraction of sp³-hybridized carbons (Fsp3) is 0.444. The van der Waals surface area contributed by atoms with E-state index < -0.39 is 23.4 Å². The maximum Gasteiger partial charge on any atom is 0.407 e. The maximum atomic E-state index is 13.2. The summed E-state index contributed by atoms with van der Waals surface area (Å²) >= 11 is 0. The Labute approximate surface area is 199 Å². The number of amides is 2. The summed E-state index contributed by atoms with van der Waals surface area (Å²) in [5, 5.41) is 12.1. The van der Waals surface area contributed by atoms with E-state index in [0.29, 0.717) is 19.4 Å². The second-order valence-electron chi connectivity index (χ2n) is 9.87.